The molecule has 1 aliphatic heterocycles. The number of hydrogen-bond donors (Lipinski definition) is 2. The number of fused-ring (bicyclic) bond motifs is 2. The first-order chi connectivity index (χ1) is 12.8. The van der Waals surface area contributed by atoms with Gasteiger partial charge in [-0.25, -0.2) is 4.79 Å². The maximum atomic E-state index is 11.8. The number of hydrogen-bond acceptors (Lipinski definition) is 9. The molecule has 0 amide bonds. The molecular formula is C18H28O9Os. The van der Waals surface area contributed by atoms with E-state index in [9.17, 15) is 19.8 Å². The molecule has 3 fully saturated rings. The van der Waals surface area contributed by atoms with E-state index < -0.39 is 58.3 Å². The van der Waals surface area contributed by atoms with Crippen LogP contribution >= 0.6 is 0 Å². The van der Waals surface area contributed by atoms with Gasteiger partial charge < -0.3 is 24.4 Å². The van der Waals surface area contributed by atoms with Crippen molar-refractivity contribution in [2.75, 3.05) is 6.61 Å². The first-order valence-corrected chi connectivity index (χ1v) is 11.2. The minimum absolute atomic E-state index is 0.133. The number of cyclic esters (lactones) is 1. The van der Waals surface area contributed by atoms with Gasteiger partial charge in [0.2, 0.25) is 0 Å². The zero-order valence-corrected chi connectivity index (χ0v) is 19.2. The van der Waals surface area contributed by atoms with Gasteiger partial charge in [-0.15, -0.1) is 0 Å². The van der Waals surface area contributed by atoms with E-state index in [0.29, 0.717) is 6.42 Å². The Morgan fingerprint density at radius 3 is 2.25 bits per heavy atom. The van der Waals surface area contributed by atoms with Gasteiger partial charge in [0.15, 0.2) is 5.60 Å². The van der Waals surface area contributed by atoms with Gasteiger partial charge in [0.25, 0.3) is 0 Å². The zero-order chi connectivity index (χ0) is 21.5. The first kappa shape index (κ1) is 23.2. The van der Waals surface area contributed by atoms with E-state index in [1.165, 1.54) is 13.8 Å². The summed E-state index contributed by atoms with van der Waals surface area (Å²) in [5.41, 5.74) is -4.22. The van der Waals surface area contributed by atoms with Crippen molar-refractivity contribution < 1.29 is 58.4 Å². The van der Waals surface area contributed by atoms with Crippen LogP contribution in [-0.4, -0.2) is 52.4 Å². The summed E-state index contributed by atoms with van der Waals surface area (Å²) in [6.07, 6.45) is -0.720. The topological polar surface area (TPSA) is 136 Å². The van der Waals surface area contributed by atoms with E-state index in [2.05, 4.69) is 13.8 Å². The van der Waals surface area contributed by atoms with Crippen LogP contribution in [0.25, 0.3) is 0 Å². The Morgan fingerprint density at radius 2 is 1.79 bits per heavy atom. The standard InChI is InChI=1S/C18H28O7.2O.Os/c1-10(19)24-11-12-15(2,3)7-6-8-16(12,4)18(9-23-14(21)25-18)17(5,22)13(11)20;;;/h11-13,20,22H,6-9H2,1-5H3;;;/t11-,12-,13+,16-,17+,18-;;;/m0.../s1. The van der Waals surface area contributed by atoms with Crippen molar-refractivity contribution in [3.63, 3.8) is 0 Å². The summed E-state index contributed by atoms with van der Waals surface area (Å²) in [4.78, 5) is 23.5. The molecule has 3 aliphatic rings. The van der Waals surface area contributed by atoms with Crippen LogP contribution in [0.3, 0.4) is 0 Å². The van der Waals surface area contributed by atoms with Gasteiger partial charge in [-0.3, -0.25) is 4.79 Å². The number of aliphatic hydroxyl groups is 2. The summed E-state index contributed by atoms with van der Waals surface area (Å²) in [5.74, 6) is -0.818. The molecule has 3 rings (SSSR count). The van der Waals surface area contributed by atoms with E-state index in [-0.39, 0.29) is 17.9 Å². The van der Waals surface area contributed by atoms with Crippen molar-refractivity contribution in [1.29, 1.82) is 0 Å². The molecule has 0 aromatic rings. The monoisotopic (exact) mass is 580 g/mol. The van der Waals surface area contributed by atoms with Crippen LogP contribution in [-0.2, 0) is 43.4 Å². The average molecular weight is 579 g/mol. The van der Waals surface area contributed by atoms with Crippen LogP contribution in [0.1, 0.15) is 53.9 Å². The Balaban J connectivity index is 0.000000878. The SMILES string of the molecule is CC(=O)O[C@@H]1[C@@H](O)[C@@](C)(O)[C@]2(COC(=O)O2)[C@@]2(C)CCCC(C)(C)[C@H]12.[O]=[Os]=[O]. The predicted octanol–water partition coefficient (Wildman–Crippen LogP) is 1.54. The molecule has 1 saturated heterocycles. The second-order valence-corrected chi connectivity index (χ2v) is 9.35. The van der Waals surface area contributed by atoms with Gasteiger partial charge in [0.1, 0.15) is 24.4 Å². The summed E-state index contributed by atoms with van der Waals surface area (Å²) in [6.45, 7) is 8.65. The van der Waals surface area contributed by atoms with Crippen molar-refractivity contribution in [3.8, 4) is 0 Å². The maximum absolute atomic E-state index is 11.8. The predicted molar refractivity (Wildman–Crippen MR) is 88.0 cm³/mol. The fraction of sp³-hybridized carbons (Fsp3) is 0.889. The molecular weight excluding hydrogens is 550 g/mol. The van der Waals surface area contributed by atoms with Gasteiger partial charge in [-0.1, -0.05) is 27.2 Å². The molecule has 9 nitrogen and oxygen atoms in total. The summed E-state index contributed by atoms with van der Waals surface area (Å²) < 4.78 is 33.2. The number of carbonyl (C=O) groups excluding carboxylic acids is 2. The zero-order valence-electron chi connectivity index (χ0n) is 16.7. The van der Waals surface area contributed by atoms with Gasteiger partial charge in [0.05, 0.1) is 0 Å². The van der Waals surface area contributed by atoms with Crippen molar-refractivity contribution in [3.05, 3.63) is 0 Å². The molecule has 0 unspecified atom stereocenters. The van der Waals surface area contributed by atoms with Gasteiger partial charge >= 0.3 is 36.5 Å². The number of rotatable bonds is 1. The molecule has 28 heavy (non-hydrogen) atoms. The molecule has 2 saturated carbocycles. The molecule has 162 valence electrons. The second-order valence-electron chi connectivity index (χ2n) is 8.93. The molecule has 0 aromatic carbocycles. The van der Waals surface area contributed by atoms with Crippen LogP contribution in [0, 0.1) is 16.7 Å². The summed E-state index contributed by atoms with van der Waals surface area (Å²) in [6, 6.07) is 0. The van der Waals surface area contributed by atoms with Crippen LogP contribution in [0.4, 0.5) is 4.79 Å². The Bertz CT molecular complexity index is 685. The summed E-state index contributed by atoms with van der Waals surface area (Å²) in [7, 11) is 0. The van der Waals surface area contributed by atoms with Crippen LogP contribution in [0.2, 0.25) is 0 Å². The Labute approximate surface area is 171 Å². The molecule has 1 spiro atoms. The quantitative estimate of drug-likeness (QED) is 0.444. The van der Waals surface area contributed by atoms with E-state index in [4.69, 9.17) is 21.3 Å². The Morgan fingerprint density at radius 1 is 1.21 bits per heavy atom. The molecule has 0 bridgehead atoms. The third-order valence-corrected chi connectivity index (χ3v) is 6.95. The normalized spacial score (nSPS) is 43.8. The summed E-state index contributed by atoms with van der Waals surface area (Å²) >= 11 is -2.08. The first-order valence-electron chi connectivity index (χ1n) is 9.11. The summed E-state index contributed by atoms with van der Waals surface area (Å²) in [5, 5.41) is 22.2. The molecule has 2 aliphatic carbocycles. The van der Waals surface area contributed by atoms with E-state index in [0.717, 1.165) is 12.8 Å². The van der Waals surface area contributed by atoms with E-state index >= 15 is 0 Å². The van der Waals surface area contributed by atoms with Gasteiger partial charge in [0, 0.05) is 18.3 Å². The van der Waals surface area contributed by atoms with Crippen LogP contribution < -0.4 is 0 Å². The van der Waals surface area contributed by atoms with Crippen molar-refractivity contribution in [1.82, 2.24) is 0 Å². The van der Waals surface area contributed by atoms with Crippen molar-refractivity contribution in [2.24, 2.45) is 16.7 Å². The van der Waals surface area contributed by atoms with Gasteiger partial charge in [-0.2, -0.15) is 0 Å². The molecule has 0 aromatic heterocycles. The molecule has 0 radical (unpaired) electrons. The number of aliphatic hydroxyl groups excluding tert-OH is 1. The van der Waals surface area contributed by atoms with Crippen molar-refractivity contribution in [2.45, 2.75) is 77.3 Å². The Hall–Kier alpha value is -1.10. The Kier molecular flexibility index (Phi) is 6.31. The van der Waals surface area contributed by atoms with E-state index in [1.54, 1.807) is 0 Å². The molecule has 2 N–H and O–H groups in total. The fourth-order valence-electron chi connectivity index (χ4n) is 5.88. The third-order valence-electron chi connectivity index (χ3n) is 6.95. The number of ether oxygens (including phenoxy) is 3. The molecule has 10 heteroatoms. The third kappa shape index (κ3) is 3.27. The van der Waals surface area contributed by atoms with E-state index in [1.807, 2.05) is 6.92 Å². The van der Waals surface area contributed by atoms with Crippen molar-refractivity contribution >= 4 is 12.1 Å². The van der Waals surface area contributed by atoms with Crippen LogP contribution in [0.15, 0.2) is 0 Å². The minimum atomic E-state index is -2.08. The van der Waals surface area contributed by atoms with Gasteiger partial charge in [-0.05, 0) is 25.2 Å². The number of carbonyl (C=O) groups is 2. The molecule has 6 atom stereocenters. The fourth-order valence-corrected chi connectivity index (χ4v) is 5.88. The average Bonchev–Trinajstić information content (AvgIpc) is 2.96. The van der Waals surface area contributed by atoms with Crippen LogP contribution in [0.5, 0.6) is 0 Å². The second kappa shape index (κ2) is 7.62. The molecule has 1 heterocycles. The number of esters is 1.